The van der Waals surface area contributed by atoms with E-state index in [1.165, 1.54) is 37.3 Å². The molecule has 1 aliphatic heterocycles. The summed E-state index contributed by atoms with van der Waals surface area (Å²) >= 11 is 11.9. The maximum Gasteiger partial charge on any atom is 0.434 e. The van der Waals surface area contributed by atoms with Crippen LogP contribution in [0.15, 0.2) is 61.9 Å². The number of rotatable bonds is 4. The molecule has 1 aromatic heterocycles. The SMILES string of the molecule is CCOC(=O)C1=C(C(F)(F)F)N=c2s/c(=C\c3cc(Br)c(O)c(I)c3)c(=O)n2[C@H]1c1ccc(Cl)cc1. The molecular formula is C23H14BrClF3IN2O4S. The lowest BCUT2D eigenvalue weighted by molar-refractivity contribution is -0.140. The highest BCUT2D eigenvalue weighted by Gasteiger charge is 2.45. The van der Waals surface area contributed by atoms with Gasteiger partial charge in [0.1, 0.15) is 5.75 Å². The Balaban J connectivity index is 2.05. The van der Waals surface area contributed by atoms with Gasteiger partial charge in [-0.2, -0.15) is 13.2 Å². The number of fused-ring (bicyclic) bond motifs is 1. The lowest BCUT2D eigenvalue weighted by atomic mass is 9.95. The van der Waals surface area contributed by atoms with Crippen LogP contribution in [0.2, 0.25) is 5.02 Å². The summed E-state index contributed by atoms with van der Waals surface area (Å²) in [6.07, 6.45) is -3.50. The quantitative estimate of drug-likeness (QED) is 0.303. The molecule has 0 saturated carbocycles. The van der Waals surface area contributed by atoms with Crippen LogP contribution in [0.4, 0.5) is 13.2 Å². The summed E-state index contributed by atoms with van der Waals surface area (Å²) in [4.78, 5) is 29.8. The highest BCUT2D eigenvalue weighted by Crippen LogP contribution is 2.38. The topological polar surface area (TPSA) is 80.9 Å². The number of hydrogen-bond donors (Lipinski definition) is 1. The summed E-state index contributed by atoms with van der Waals surface area (Å²) in [5.74, 6) is -1.20. The van der Waals surface area contributed by atoms with Crippen LogP contribution in [0.25, 0.3) is 6.08 Å². The van der Waals surface area contributed by atoms with Gasteiger partial charge in [0.15, 0.2) is 10.5 Å². The van der Waals surface area contributed by atoms with Gasteiger partial charge in [0, 0.05) is 5.02 Å². The number of phenolic OH excluding ortho intramolecular Hbond substituents is 1. The number of phenols is 1. The molecular weight excluding hydrogens is 700 g/mol. The van der Waals surface area contributed by atoms with Gasteiger partial charge in [0.25, 0.3) is 5.56 Å². The van der Waals surface area contributed by atoms with Gasteiger partial charge in [-0.25, -0.2) is 9.79 Å². The van der Waals surface area contributed by atoms with Crippen LogP contribution < -0.4 is 14.9 Å². The minimum Gasteiger partial charge on any atom is -0.506 e. The second-order valence-electron chi connectivity index (χ2n) is 7.45. The number of benzene rings is 2. The predicted molar refractivity (Wildman–Crippen MR) is 141 cm³/mol. The normalized spacial score (nSPS) is 16.1. The highest BCUT2D eigenvalue weighted by atomic mass is 127. The van der Waals surface area contributed by atoms with Gasteiger partial charge in [0.2, 0.25) is 0 Å². The number of esters is 1. The van der Waals surface area contributed by atoms with E-state index < -0.39 is 35.0 Å². The molecule has 1 atom stereocenters. The van der Waals surface area contributed by atoms with Crippen LogP contribution >= 0.6 is 61.5 Å². The highest BCUT2D eigenvalue weighted by molar-refractivity contribution is 14.1. The number of hydrogen-bond acceptors (Lipinski definition) is 6. The summed E-state index contributed by atoms with van der Waals surface area (Å²) in [6, 6.07) is 7.54. The van der Waals surface area contributed by atoms with Gasteiger partial charge >= 0.3 is 12.1 Å². The first kappa shape index (κ1) is 26.9. The van der Waals surface area contributed by atoms with Gasteiger partial charge in [-0.1, -0.05) is 35.1 Å². The summed E-state index contributed by atoms with van der Waals surface area (Å²) in [7, 11) is 0. The van der Waals surface area contributed by atoms with Crippen LogP contribution in [0.1, 0.15) is 24.1 Å². The number of aromatic nitrogens is 1. The number of ether oxygens (including phenoxy) is 1. The smallest absolute Gasteiger partial charge is 0.434 e. The molecule has 6 nitrogen and oxygen atoms in total. The van der Waals surface area contributed by atoms with Crippen LogP contribution in [0.5, 0.6) is 5.75 Å². The minimum atomic E-state index is -4.99. The van der Waals surface area contributed by atoms with E-state index in [1.807, 2.05) is 22.6 Å². The van der Waals surface area contributed by atoms with Gasteiger partial charge in [-0.3, -0.25) is 9.36 Å². The Morgan fingerprint density at radius 3 is 2.58 bits per heavy atom. The Hall–Kier alpha value is -2.16. The molecule has 2 aromatic carbocycles. The number of thiazole rings is 1. The molecule has 3 aromatic rings. The van der Waals surface area contributed by atoms with E-state index in [9.17, 15) is 27.9 Å². The number of nitrogens with zero attached hydrogens (tertiary/aromatic N) is 2. The minimum absolute atomic E-state index is 0.0193. The van der Waals surface area contributed by atoms with E-state index >= 15 is 0 Å². The van der Waals surface area contributed by atoms with Crippen molar-refractivity contribution < 1.29 is 27.8 Å². The van der Waals surface area contributed by atoms with Crippen molar-refractivity contribution in [1.82, 2.24) is 4.57 Å². The van der Waals surface area contributed by atoms with E-state index in [0.717, 1.165) is 15.9 Å². The third-order valence-electron chi connectivity index (χ3n) is 5.12. The average Bonchev–Trinajstić information content (AvgIpc) is 3.11. The van der Waals surface area contributed by atoms with Crippen molar-refractivity contribution >= 4 is 73.5 Å². The number of allylic oxidation sites excluding steroid dienone is 1. The fourth-order valence-electron chi connectivity index (χ4n) is 3.62. The molecule has 0 bridgehead atoms. The molecule has 0 amide bonds. The standard InChI is InChI=1S/C23H14BrClF3IN2O4S/c1-2-35-21(34)16-17(11-3-5-12(25)6-4-11)31-20(33)15(36-22(31)30-19(16)23(26,27)28)9-10-7-13(24)18(32)14(29)8-10/h3-9,17,32H,2H2,1H3/b15-9-/t17-/m0/s1. The van der Waals surface area contributed by atoms with Crippen LogP contribution in [-0.2, 0) is 9.53 Å². The van der Waals surface area contributed by atoms with Gasteiger partial charge in [-0.05, 0) is 86.9 Å². The number of alkyl halides is 3. The molecule has 2 heterocycles. The lowest BCUT2D eigenvalue weighted by Gasteiger charge is -2.26. The molecule has 0 unspecified atom stereocenters. The van der Waals surface area contributed by atoms with Gasteiger partial charge in [-0.15, -0.1) is 0 Å². The molecule has 0 saturated heterocycles. The fourth-order valence-corrected chi connectivity index (χ4v) is 6.25. The fraction of sp³-hybridized carbons (Fsp3) is 0.174. The van der Waals surface area contributed by atoms with E-state index in [-0.39, 0.29) is 27.3 Å². The van der Waals surface area contributed by atoms with Crippen molar-refractivity contribution in [3.8, 4) is 5.75 Å². The molecule has 36 heavy (non-hydrogen) atoms. The van der Waals surface area contributed by atoms with Crippen LogP contribution in [-0.4, -0.2) is 28.4 Å². The summed E-state index contributed by atoms with van der Waals surface area (Å²) < 4.78 is 49.3. The Kier molecular flexibility index (Phi) is 7.70. The van der Waals surface area contributed by atoms with E-state index in [2.05, 4.69) is 20.9 Å². The van der Waals surface area contributed by atoms with Crippen molar-refractivity contribution in [1.29, 1.82) is 0 Å². The van der Waals surface area contributed by atoms with Crippen LogP contribution in [0, 0.1) is 3.57 Å². The van der Waals surface area contributed by atoms with Crippen molar-refractivity contribution in [3.05, 3.63) is 91.5 Å². The van der Waals surface area contributed by atoms with Gasteiger partial charge in [0.05, 0.1) is 30.8 Å². The molecule has 0 radical (unpaired) electrons. The molecule has 0 fully saturated rings. The van der Waals surface area contributed by atoms with E-state index in [4.69, 9.17) is 16.3 Å². The first-order valence-corrected chi connectivity index (χ1v) is 13.2. The van der Waals surface area contributed by atoms with Crippen molar-refractivity contribution in [2.45, 2.75) is 19.1 Å². The lowest BCUT2D eigenvalue weighted by Crippen LogP contribution is -2.41. The number of halogens is 6. The first-order valence-electron chi connectivity index (χ1n) is 10.2. The Labute approximate surface area is 232 Å². The monoisotopic (exact) mass is 712 g/mol. The summed E-state index contributed by atoms with van der Waals surface area (Å²) in [6.45, 7) is 1.30. The van der Waals surface area contributed by atoms with Crippen molar-refractivity contribution in [3.63, 3.8) is 0 Å². The zero-order valence-corrected chi connectivity index (χ0v) is 23.4. The Morgan fingerprint density at radius 1 is 1.33 bits per heavy atom. The second kappa shape index (κ2) is 10.3. The maximum atomic E-state index is 14.1. The Morgan fingerprint density at radius 2 is 2.00 bits per heavy atom. The molecule has 4 rings (SSSR count). The summed E-state index contributed by atoms with van der Waals surface area (Å²) in [5, 5.41) is 10.3. The van der Waals surface area contributed by atoms with E-state index in [0.29, 0.717) is 18.6 Å². The third kappa shape index (κ3) is 5.13. The molecule has 0 aliphatic carbocycles. The number of carbonyl (C=O) groups excluding carboxylic acids is 1. The molecule has 0 spiro atoms. The molecule has 1 N–H and O–H groups in total. The predicted octanol–water partition coefficient (Wildman–Crippen LogP) is 5.07. The number of carbonyl (C=O) groups is 1. The average molecular weight is 714 g/mol. The van der Waals surface area contributed by atoms with Crippen LogP contribution in [0.3, 0.4) is 0 Å². The first-order chi connectivity index (χ1) is 16.9. The van der Waals surface area contributed by atoms with E-state index in [1.54, 1.807) is 12.1 Å². The zero-order chi connectivity index (χ0) is 26.4. The molecule has 188 valence electrons. The molecule has 13 heteroatoms. The number of aromatic hydroxyl groups is 1. The van der Waals surface area contributed by atoms with Crippen molar-refractivity contribution in [2.24, 2.45) is 4.99 Å². The second-order valence-corrected chi connectivity index (χ2v) is 10.9. The van der Waals surface area contributed by atoms with Gasteiger partial charge < -0.3 is 9.84 Å². The third-order valence-corrected chi connectivity index (χ3v) is 7.78. The zero-order valence-electron chi connectivity index (χ0n) is 18.1. The molecule has 1 aliphatic rings. The largest absolute Gasteiger partial charge is 0.506 e. The Bertz CT molecular complexity index is 1560. The van der Waals surface area contributed by atoms with Crippen molar-refractivity contribution in [2.75, 3.05) is 6.61 Å². The maximum absolute atomic E-state index is 14.1. The summed E-state index contributed by atoms with van der Waals surface area (Å²) in [5.41, 5.74) is -2.09.